The topological polar surface area (TPSA) is 25.8 Å². The molecule has 1 heterocycles. The highest BCUT2D eigenvalue weighted by Crippen LogP contribution is 2.36. The molecular weight excluding hydrogens is 354 g/mol. The van der Waals surface area contributed by atoms with E-state index in [9.17, 15) is 0 Å². The van der Waals surface area contributed by atoms with Gasteiger partial charge in [-0.15, -0.1) is 0 Å². The zero-order valence-electron chi connectivity index (χ0n) is 5.36. The lowest BCUT2D eigenvalue weighted by molar-refractivity contribution is 1.09. The van der Waals surface area contributed by atoms with E-state index < -0.39 is 0 Å². The van der Waals surface area contributed by atoms with Gasteiger partial charge in [0.1, 0.15) is 8.76 Å². The summed E-state index contributed by atoms with van der Waals surface area (Å²) in [4.78, 5) is 7.54. The van der Waals surface area contributed by atoms with Crippen LogP contribution in [0.5, 0.6) is 0 Å². The van der Waals surface area contributed by atoms with Gasteiger partial charge in [-0.2, -0.15) is 0 Å². The molecule has 1 aromatic heterocycles. The molecule has 0 unspecified atom stereocenters. The molecule has 0 saturated heterocycles. The van der Waals surface area contributed by atoms with Crippen LogP contribution in [0, 0.1) is 0 Å². The molecule has 0 N–H and O–H groups in total. The van der Waals surface area contributed by atoms with Crippen LogP contribution in [-0.2, 0) is 0 Å². The Kier molecular flexibility index (Phi) is 4.05. The molecule has 0 aromatic carbocycles. The van der Waals surface area contributed by atoms with Gasteiger partial charge in [-0.05, 0) is 11.6 Å². The van der Waals surface area contributed by atoms with E-state index in [0.29, 0.717) is 10.7 Å². The molecule has 0 fully saturated rings. The smallest absolute Gasteiger partial charge is 0.219 e. The van der Waals surface area contributed by atoms with Gasteiger partial charge in [0.25, 0.3) is 0 Å². The van der Waals surface area contributed by atoms with E-state index in [4.69, 9.17) is 34.8 Å². The number of nitrogens with zero attached hydrogens (tertiary/aromatic N) is 2. The first kappa shape index (κ1) is 11.0. The number of halogens is 5. The van der Waals surface area contributed by atoms with E-state index in [2.05, 4.69) is 41.8 Å². The van der Waals surface area contributed by atoms with E-state index in [1.54, 1.807) is 0 Å². The Balaban J connectivity index is 3.28. The van der Waals surface area contributed by atoms with Gasteiger partial charge in [0.15, 0.2) is 5.15 Å². The molecule has 2 nitrogen and oxygen atoms in total. The van der Waals surface area contributed by atoms with Crippen molar-refractivity contribution >= 4 is 66.7 Å². The summed E-state index contributed by atoms with van der Waals surface area (Å²) < 4.78 is -0.185. The number of hydrogen-bond donors (Lipinski definition) is 0. The Hall–Kier alpha value is 0.910. The molecule has 12 heavy (non-hydrogen) atoms. The summed E-state index contributed by atoms with van der Waals surface area (Å²) in [6.07, 6.45) is 0. The van der Waals surface area contributed by atoms with Crippen LogP contribution in [0.25, 0.3) is 0 Å². The molecule has 0 aliphatic heterocycles. The maximum Gasteiger partial charge on any atom is 0.224 e. The van der Waals surface area contributed by atoms with Gasteiger partial charge in [-0.25, -0.2) is 9.97 Å². The third-order valence-electron chi connectivity index (χ3n) is 1.02. The highest BCUT2D eigenvalue weighted by atomic mass is 79.9. The van der Waals surface area contributed by atoms with E-state index >= 15 is 0 Å². The molecule has 7 heteroatoms. The monoisotopic (exact) mass is 352 g/mol. The molecule has 0 aliphatic carbocycles. The molecule has 0 bridgehead atoms. The summed E-state index contributed by atoms with van der Waals surface area (Å²) in [5.41, 5.74) is 0.515. The summed E-state index contributed by atoms with van der Waals surface area (Å²) in [6.45, 7) is 0. The second kappa shape index (κ2) is 4.42. The van der Waals surface area contributed by atoms with Crippen molar-refractivity contribution in [3.8, 4) is 0 Å². The van der Waals surface area contributed by atoms with Gasteiger partial charge in [0.2, 0.25) is 5.28 Å². The third kappa shape index (κ3) is 2.45. The number of hydrogen-bond acceptors (Lipinski definition) is 2. The largest absolute Gasteiger partial charge is 0.224 e. The molecule has 0 amide bonds. The van der Waals surface area contributed by atoms with Gasteiger partial charge in [-0.3, -0.25) is 0 Å². The molecule has 66 valence electrons. The van der Waals surface area contributed by atoms with Crippen molar-refractivity contribution in [1.82, 2.24) is 9.97 Å². The van der Waals surface area contributed by atoms with Crippen LogP contribution >= 0.6 is 66.7 Å². The molecule has 1 aromatic rings. The quantitative estimate of drug-likeness (QED) is 0.428. The fraction of sp³-hybridized carbons (Fsp3) is 0.200. The van der Waals surface area contributed by atoms with Crippen LogP contribution in [-0.4, -0.2) is 9.97 Å². The molecule has 0 atom stereocenters. The number of alkyl halides is 2. The Morgan fingerprint density at radius 3 is 2.17 bits per heavy atom. The summed E-state index contributed by atoms with van der Waals surface area (Å²) in [5, 5.41) is 0.513. The lowest BCUT2D eigenvalue weighted by Crippen LogP contribution is -1.93. The van der Waals surface area contributed by atoms with Crippen molar-refractivity contribution in [1.29, 1.82) is 0 Å². The Morgan fingerprint density at radius 2 is 1.67 bits per heavy atom. The zero-order valence-corrected chi connectivity index (χ0v) is 10.8. The summed E-state index contributed by atoms with van der Waals surface area (Å²) in [6, 6.07) is 0. The van der Waals surface area contributed by atoms with Crippen molar-refractivity contribution in [3.05, 3.63) is 21.2 Å². The fourth-order valence-corrected chi connectivity index (χ4v) is 2.07. The average molecular weight is 355 g/mol. The van der Waals surface area contributed by atoms with Crippen molar-refractivity contribution in [2.75, 3.05) is 0 Å². The normalized spacial score (nSPS) is 10.8. The average Bonchev–Trinajstić information content (AvgIpc) is 1.96. The lowest BCUT2D eigenvalue weighted by Gasteiger charge is -2.04. The van der Waals surface area contributed by atoms with Crippen LogP contribution in [0.3, 0.4) is 0 Å². The van der Waals surface area contributed by atoms with Crippen LogP contribution in [0.1, 0.15) is 9.43 Å². The minimum atomic E-state index is -0.185. The van der Waals surface area contributed by atoms with Gasteiger partial charge >= 0.3 is 0 Å². The first-order valence-corrected chi connectivity index (χ1v) is 5.65. The van der Waals surface area contributed by atoms with E-state index in [1.807, 2.05) is 0 Å². The van der Waals surface area contributed by atoms with Gasteiger partial charge in [0, 0.05) is 0 Å². The molecule has 0 aliphatic rings. The minimum absolute atomic E-state index is 0.0725. The maximum atomic E-state index is 5.78. The molecule has 1 rings (SSSR count). The highest BCUT2D eigenvalue weighted by Gasteiger charge is 2.14. The molecule has 0 spiro atoms. The fourth-order valence-electron chi connectivity index (χ4n) is 0.554. The Labute approximate surface area is 101 Å². The summed E-state index contributed by atoms with van der Waals surface area (Å²) in [7, 11) is 0. The van der Waals surface area contributed by atoms with Crippen LogP contribution in [0.4, 0.5) is 0 Å². The first-order chi connectivity index (χ1) is 5.52. The van der Waals surface area contributed by atoms with Gasteiger partial charge in [0.05, 0.1) is 5.69 Å². The van der Waals surface area contributed by atoms with Crippen molar-refractivity contribution < 1.29 is 0 Å². The van der Waals surface area contributed by atoms with Crippen LogP contribution in [0.15, 0.2) is 0 Å². The van der Waals surface area contributed by atoms with Crippen LogP contribution in [0.2, 0.25) is 15.5 Å². The van der Waals surface area contributed by atoms with E-state index in [0.717, 1.165) is 0 Å². The number of rotatable bonds is 1. The lowest BCUT2D eigenvalue weighted by atomic mass is 10.5. The second-order valence-corrected chi connectivity index (χ2v) is 5.92. The zero-order chi connectivity index (χ0) is 9.30. The Morgan fingerprint density at radius 1 is 1.08 bits per heavy atom. The van der Waals surface area contributed by atoms with Crippen molar-refractivity contribution in [3.63, 3.8) is 0 Å². The molecule has 0 saturated carbocycles. The predicted octanol–water partition coefficient (Wildman–Crippen LogP) is 4.23. The first-order valence-electron chi connectivity index (χ1n) is 2.69. The van der Waals surface area contributed by atoms with Crippen molar-refractivity contribution in [2.24, 2.45) is 0 Å². The van der Waals surface area contributed by atoms with E-state index in [-0.39, 0.29) is 14.2 Å². The summed E-state index contributed by atoms with van der Waals surface area (Å²) >= 11 is 23.5. The number of aromatic nitrogens is 2. The van der Waals surface area contributed by atoms with E-state index in [1.165, 1.54) is 0 Å². The molecular formula is C5HBr2Cl3N2. The van der Waals surface area contributed by atoms with Crippen molar-refractivity contribution in [2.45, 2.75) is 3.74 Å². The highest BCUT2D eigenvalue weighted by molar-refractivity contribution is 9.24. The van der Waals surface area contributed by atoms with Gasteiger partial charge < -0.3 is 0 Å². The predicted molar refractivity (Wildman–Crippen MR) is 57.7 cm³/mol. The summed E-state index contributed by atoms with van der Waals surface area (Å²) in [5.74, 6) is 0. The van der Waals surface area contributed by atoms with Gasteiger partial charge in [-0.1, -0.05) is 55.1 Å². The SMILES string of the molecule is Clc1nc(Cl)c(Cl)c(C(Br)Br)n1. The third-order valence-corrected chi connectivity index (χ3v) is 2.80. The second-order valence-electron chi connectivity index (χ2n) is 1.78. The minimum Gasteiger partial charge on any atom is -0.219 e. The maximum absolute atomic E-state index is 5.78. The molecule has 0 radical (unpaired) electrons. The van der Waals surface area contributed by atoms with Crippen LogP contribution < -0.4 is 0 Å². The standard InChI is InChI=1S/C5HBr2Cl3N2/c6-3(7)2-1(8)4(9)12-5(10)11-2/h3H. The Bertz CT molecular complexity index is 305.